The van der Waals surface area contributed by atoms with Crippen molar-refractivity contribution in [2.24, 2.45) is 0 Å². The second-order valence-electron chi connectivity index (χ2n) is 8.36. The van der Waals surface area contributed by atoms with Gasteiger partial charge in [0.05, 0.1) is 5.52 Å². The number of piperazine rings is 1. The van der Waals surface area contributed by atoms with Gasteiger partial charge in [-0.3, -0.25) is 0 Å². The number of aromatic nitrogens is 2. The summed E-state index contributed by atoms with van der Waals surface area (Å²) in [7, 11) is 2.18. The Balaban J connectivity index is 1.42. The number of halogens is 1. The number of hydrogen-bond donors (Lipinski definition) is 1. The minimum absolute atomic E-state index is 0.605. The van der Waals surface area contributed by atoms with Gasteiger partial charge in [0.25, 0.3) is 0 Å². The molecule has 3 aromatic carbocycles. The first-order valence-electron chi connectivity index (χ1n) is 10.9. The van der Waals surface area contributed by atoms with Crippen molar-refractivity contribution in [3.8, 4) is 11.1 Å². The smallest absolute Gasteiger partial charge is 0.227 e. The number of nitrogens with one attached hydrogen (secondary N) is 1. The van der Waals surface area contributed by atoms with Crippen LogP contribution in [0.15, 0.2) is 71.3 Å². The molecule has 4 aromatic rings. The summed E-state index contributed by atoms with van der Waals surface area (Å²) in [6.07, 6.45) is 1.89. The van der Waals surface area contributed by atoms with Crippen molar-refractivity contribution >= 4 is 44.2 Å². The highest BCUT2D eigenvalue weighted by Gasteiger charge is 2.16. The van der Waals surface area contributed by atoms with Gasteiger partial charge in [0.1, 0.15) is 0 Å². The maximum atomic E-state index is 4.87. The molecular weight excluding hydrogens is 462 g/mol. The van der Waals surface area contributed by atoms with Crippen molar-refractivity contribution in [2.75, 3.05) is 43.4 Å². The van der Waals surface area contributed by atoms with Crippen LogP contribution in [0.3, 0.4) is 0 Å². The Morgan fingerprint density at radius 2 is 1.72 bits per heavy atom. The molecule has 0 atom stereocenters. The van der Waals surface area contributed by atoms with E-state index in [0.717, 1.165) is 58.4 Å². The third-order valence-corrected chi connectivity index (χ3v) is 6.59. The topological polar surface area (TPSA) is 44.3 Å². The van der Waals surface area contributed by atoms with Crippen LogP contribution in [-0.4, -0.2) is 48.1 Å². The Morgan fingerprint density at radius 1 is 0.938 bits per heavy atom. The number of nitrogens with zero attached hydrogens (tertiary/aromatic N) is 4. The Hall–Kier alpha value is -2.96. The lowest BCUT2D eigenvalue weighted by molar-refractivity contribution is 0.312. The molecule has 0 bridgehead atoms. The molecule has 1 aromatic heterocycles. The van der Waals surface area contributed by atoms with Crippen molar-refractivity contribution in [3.63, 3.8) is 0 Å². The largest absolute Gasteiger partial charge is 0.369 e. The van der Waals surface area contributed by atoms with Crippen LogP contribution in [-0.2, 0) is 0 Å². The van der Waals surface area contributed by atoms with E-state index in [2.05, 4.69) is 111 Å². The van der Waals surface area contributed by atoms with E-state index < -0.39 is 0 Å². The van der Waals surface area contributed by atoms with E-state index >= 15 is 0 Å². The monoisotopic (exact) mass is 487 g/mol. The number of para-hydroxylation sites is 1. The average Bonchev–Trinajstić information content (AvgIpc) is 2.80. The molecule has 1 saturated heterocycles. The molecule has 1 aliphatic heterocycles. The van der Waals surface area contributed by atoms with Crippen LogP contribution in [0.4, 0.5) is 17.3 Å². The van der Waals surface area contributed by atoms with Gasteiger partial charge in [-0.15, -0.1) is 0 Å². The molecule has 0 saturated carbocycles. The van der Waals surface area contributed by atoms with Gasteiger partial charge in [0.2, 0.25) is 5.95 Å². The molecule has 1 aliphatic rings. The lowest BCUT2D eigenvalue weighted by Gasteiger charge is -2.35. The second-order valence-corrected chi connectivity index (χ2v) is 9.28. The molecule has 2 heterocycles. The normalized spacial score (nSPS) is 14.7. The highest BCUT2D eigenvalue weighted by atomic mass is 79.9. The van der Waals surface area contributed by atoms with Crippen LogP contribution in [0.25, 0.3) is 22.0 Å². The number of anilines is 3. The maximum absolute atomic E-state index is 4.87. The van der Waals surface area contributed by atoms with Gasteiger partial charge in [-0.05, 0) is 55.4 Å². The molecule has 0 radical (unpaired) electrons. The number of benzene rings is 3. The van der Waals surface area contributed by atoms with Crippen LogP contribution >= 0.6 is 15.9 Å². The highest BCUT2D eigenvalue weighted by molar-refractivity contribution is 9.10. The van der Waals surface area contributed by atoms with Gasteiger partial charge in [0, 0.05) is 59.2 Å². The second kappa shape index (κ2) is 8.88. The molecule has 1 N–H and O–H groups in total. The SMILES string of the molecule is Cc1cc(Nc2ncc3cccc(-c4ccc(Br)cc4)c3n2)ccc1N1CCN(C)CC1. The average molecular weight is 488 g/mol. The summed E-state index contributed by atoms with van der Waals surface area (Å²) in [6, 6.07) is 21.0. The first kappa shape index (κ1) is 20.9. The van der Waals surface area contributed by atoms with Crippen LogP contribution in [0.2, 0.25) is 0 Å². The van der Waals surface area contributed by atoms with Crippen molar-refractivity contribution in [2.45, 2.75) is 6.92 Å². The minimum Gasteiger partial charge on any atom is -0.369 e. The van der Waals surface area contributed by atoms with Gasteiger partial charge < -0.3 is 15.1 Å². The van der Waals surface area contributed by atoms with Gasteiger partial charge >= 0.3 is 0 Å². The van der Waals surface area contributed by atoms with Crippen LogP contribution in [0.5, 0.6) is 0 Å². The third kappa shape index (κ3) is 4.33. The fourth-order valence-electron chi connectivity index (χ4n) is 4.24. The van der Waals surface area contributed by atoms with Crippen LogP contribution < -0.4 is 10.2 Å². The van der Waals surface area contributed by atoms with E-state index in [0.29, 0.717) is 5.95 Å². The van der Waals surface area contributed by atoms with E-state index in [9.17, 15) is 0 Å². The summed E-state index contributed by atoms with van der Waals surface area (Å²) >= 11 is 3.51. The molecule has 0 aliphatic carbocycles. The summed E-state index contributed by atoms with van der Waals surface area (Å²) in [5.41, 5.74) is 6.74. The molecule has 5 rings (SSSR count). The number of hydrogen-bond acceptors (Lipinski definition) is 5. The molecular formula is C26H26BrN5. The molecule has 162 valence electrons. The predicted molar refractivity (Wildman–Crippen MR) is 137 cm³/mol. The van der Waals surface area contributed by atoms with Gasteiger partial charge in [0.15, 0.2) is 0 Å². The number of likely N-dealkylation sites (N-methyl/N-ethyl adjacent to an activating group) is 1. The van der Waals surface area contributed by atoms with Gasteiger partial charge in [-0.1, -0.05) is 46.3 Å². The molecule has 0 spiro atoms. The molecule has 0 amide bonds. The zero-order valence-electron chi connectivity index (χ0n) is 18.3. The minimum atomic E-state index is 0.605. The predicted octanol–water partition coefficient (Wildman–Crippen LogP) is 5.86. The zero-order chi connectivity index (χ0) is 22.1. The van der Waals surface area contributed by atoms with E-state index in [1.807, 2.05) is 6.20 Å². The van der Waals surface area contributed by atoms with Crippen molar-refractivity contribution in [3.05, 3.63) is 76.9 Å². The van der Waals surface area contributed by atoms with E-state index in [1.54, 1.807) is 0 Å². The fraction of sp³-hybridized carbons (Fsp3) is 0.231. The van der Waals surface area contributed by atoms with Crippen LogP contribution in [0, 0.1) is 6.92 Å². The zero-order valence-corrected chi connectivity index (χ0v) is 19.9. The Kier molecular flexibility index (Phi) is 5.81. The Labute approximate surface area is 197 Å². The Bertz CT molecular complexity index is 1250. The summed E-state index contributed by atoms with van der Waals surface area (Å²) in [5.74, 6) is 0.605. The molecule has 1 fully saturated rings. The number of rotatable bonds is 4. The maximum Gasteiger partial charge on any atom is 0.227 e. The van der Waals surface area contributed by atoms with Gasteiger partial charge in [-0.25, -0.2) is 9.97 Å². The molecule has 5 nitrogen and oxygen atoms in total. The quantitative estimate of drug-likeness (QED) is 0.390. The molecule has 0 unspecified atom stereocenters. The van der Waals surface area contributed by atoms with E-state index in [1.165, 1.54) is 11.3 Å². The fourth-order valence-corrected chi connectivity index (χ4v) is 4.51. The van der Waals surface area contributed by atoms with Crippen LogP contribution in [0.1, 0.15) is 5.56 Å². The van der Waals surface area contributed by atoms with Crippen molar-refractivity contribution in [1.82, 2.24) is 14.9 Å². The summed E-state index contributed by atoms with van der Waals surface area (Å²) in [4.78, 5) is 14.3. The number of aryl methyl sites for hydroxylation is 1. The lowest BCUT2D eigenvalue weighted by Crippen LogP contribution is -2.44. The van der Waals surface area contributed by atoms with E-state index in [4.69, 9.17) is 4.98 Å². The molecule has 32 heavy (non-hydrogen) atoms. The summed E-state index contributed by atoms with van der Waals surface area (Å²) < 4.78 is 1.06. The van der Waals surface area contributed by atoms with Gasteiger partial charge in [-0.2, -0.15) is 0 Å². The Morgan fingerprint density at radius 3 is 2.47 bits per heavy atom. The lowest BCUT2D eigenvalue weighted by atomic mass is 10.0. The summed E-state index contributed by atoms with van der Waals surface area (Å²) in [6.45, 7) is 6.51. The van der Waals surface area contributed by atoms with Crippen molar-refractivity contribution < 1.29 is 0 Å². The first-order chi connectivity index (χ1) is 15.6. The summed E-state index contributed by atoms with van der Waals surface area (Å²) in [5, 5.41) is 4.43. The standard InChI is InChI=1S/C26H26BrN5/c1-18-16-22(10-11-24(18)32-14-12-31(2)13-15-32)29-26-28-17-20-4-3-5-23(25(20)30-26)19-6-8-21(27)9-7-19/h3-11,16-17H,12-15H2,1-2H3,(H,28,29,30). The van der Waals surface area contributed by atoms with Crippen molar-refractivity contribution in [1.29, 1.82) is 0 Å². The third-order valence-electron chi connectivity index (χ3n) is 6.06. The number of fused-ring (bicyclic) bond motifs is 1. The van der Waals surface area contributed by atoms with E-state index in [-0.39, 0.29) is 0 Å². The molecule has 6 heteroatoms. The highest BCUT2D eigenvalue weighted by Crippen LogP contribution is 2.30. The first-order valence-corrected chi connectivity index (χ1v) is 11.7.